The second-order valence-corrected chi connectivity index (χ2v) is 4.40. The SMILES string of the molecule is COc1cc(C(=O)CCl)ccc1-c1ccccc1C#N. The fraction of sp³-hybridized carbons (Fsp3) is 0.125. The summed E-state index contributed by atoms with van der Waals surface area (Å²) in [5.41, 5.74) is 2.60. The molecule has 0 atom stereocenters. The summed E-state index contributed by atoms with van der Waals surface area (Å²) in [5, 5.41) is 9.16. The molecule has 0 aliphatic rings. The Morgan fingerprint density at radius 2 is 2.00 bits per heavy atom. The van der Waals surface area contributed by atoms with Crippen molar-refractivity contribution in [1.29, 1.82) is 5.26 Å². The van der Waals surface area contributed by atoms with Gasteiger partial charge in [0.2, 0.25) is 0 Å². The maximum absolute atomic E-state index is 11.6. The largest absolute Gasteiger partial charge is 0.496 e. The number of nitrogens with zero attached hydrogens (tertiary/aromatic N) is 1. The number of ketones is 1. The third kappa shape index (κ3) is 2.66. The van der Waals surface area contributed by atoms with Gasteiger partial charge in [-0.05, 0) is 18.2 Å². The third-order valence-electron chi connectivity index (χ3n) is 2.98. The minimum atomic E-state index is -0.162. The first-order chi connectivity index (χ1) is 9.71. The van der Waals surface area contributed by atoms with Gasteiger partial charge in [0, 0.05) is 16.7 Å². The zero-order valence-corrected chi connectivity index (χ0v) is 11.6. The highest BCUT2D eigenvalue weighted by Crippen LogP contribution is 2.33. The lowest BCUT2D eigenvalue weighted by molar-refractivity contribution is 0.102. The van der Waals surface area contributed by atoms with Crippen molar-refractivity contribution >= 4 is 17.4 Å². The van der Waals surface area contributed by atoms with E-state index in [1.807, 2.05) is 12.1 Å². The molecule has 0 spiro atoms. The summed E-state index contributed by atoms with van der Waals surface area (Å²) in [6.07, 6.45) is 0. The maximum atomic E-state index is 11.6. The Labute approximate surface area is 122 Å². The molecule has 100 valence electrons. The molecule has 0 amide bonds. The quantitative estimate of drug-likeness (QED) is 0.636. The first-order valence-electron chi connectivity index (χ1n) is 5.98. The Morgan fingerprint density at radius 3 is 2.65 bits per heavy atom. The molecule has 2 aromatic rings. The van der Waals surface area contributed by atoms with Crippen LogP contribution in [0.5, 0.6) is 5.75 Å². The Morgan fingerprint density at radius 1 is 1.25 bits per heavy atom. The van der Waals surface area contributed by atoms with Crippen LogP contribution in [-0.2, 0) is 0 Å². The number of nitriles is 1. The van der Waals surface area contributed by atoms with E-state index in [0.717, 1.165) is 11.1 Å². The molecule has 0 saturated carbocycles. The Kier molecular flexibility index (Phi) is 4.39. The molecule has 20 heavy (non-hydrogen) atoms. The van der Waals surface area contributed by atoms with Crippen molar-refractivity contribution < 1.29 is 9.53 Å². The number of rotatable bonds is 4. The minimum Gasteiger partial charge on any atom is -0.496 e. The topological polar surface area (TPSA) is 50.1 Å². The summed E-state index contributed by atoms with van der Waals surface area (Å²) >= 11 is 5.55. The number of benzene rings is 2. The van der Waals surface area contributed by atoms with Crippen LogP contribution >= 0.6 is 11.6 Å². The molecule has 0 N–H and O–H groups in total. The number of carbonyl (C=O) groups excluding carboxylic acids is 1. The molecule has 3 nitrogen and oxygen atoms in total. The summed E-state index contributed by atoms with van der Waals surface area (Å²) in [7, 11) is 1.53. The molecule has 2 aromatic carbocycles. The van der Waals surface area contributed by atoms with Gasteiger partial charge in [-0.3, -0.25) is 4.79 Å². The van der Waals surface area contributed by atoms with Gasteiger partial charge in [0.05, 0.1) is 24.6 Å². The molecular weight excluding hydrogens is 274 g/mol. The summed E-state index contributed by atoms with van der Waals surface area (Å²) in [6.45, 7) is 0. The van der Waals surface area contributed by atoms with Gasteiger partial charge in [-0.2, -0.15) is 5.26 Å². The molecule has 0 saturated heterocycles. The number of halogens is 1. The van der Waals surface area contributed by atoms with Crippen LogP contribution < -0.4 is 4.74 Å². The smallest absolute Gasteiger partial charge is 0.177 e. The molecule has 0 fully saturated rings. The molecule has 2 rings (SSSR count). The van der Waals surface area contributed by atoms with E-state index in [0.29, 0.717) is 16.9 Å². The fourth-order valence-corrected chi connectivity index (χ4v) is 2.13. The van der Waals surface area contributed by atoms with E-state index in [1.54, 1.807) is 30.3 Å². The van der Waals surface area contributed by atoms with Crippen LogP contribution in [0.4, 0.5) is 0 Å². The lowest BCUT2D eigenvalue weighted by Crippen LogP contribution is -2.01. The second-order valence-electron chi connectivity index (χ2n) is 4.13. The minimum absolute atomic E-state index is 0.0721. The van der Waals surface area contributed by atoms with Gasteiger partial charge in [-0.15, -0.1) is 11.6 Å². The van der Waals surface area contributed by atoms with E-state index < -0.39 is 0 Å². The van der Waals surface area contributed by atoms with Gasteiger partial charge in [-0.25, -0.2) is 0 Å². The summed E-state index contributed by atoms with van der Waals surface area (Å²) in [4.78, 5) is 11.6. The van der Waals surface area contributed by atoms with Gasteiger partial charge in [0.15, 0.2) is 5.78 Å². The molecular formula is C16H12ClNO2. The molecule has 0 bridgehead atoms. The highest BCUT2D eigenvalue weighted by molar-refractivity contribution is 6.30. The highest BCUT2D eigenvalue weighted by Gasteiger charge is 2.13. The lowest BCUT2D eigenvalue weighted by atomic mass is 9.97. The second kappa shape index (κ2) is 6.23. The Hall–Kier alpha value is -2.31. The fourth-order valence-electron chi connectivity index (χ4n) is 1.98. The van der Waals surface area contributed by atoms with Crippen LogP contribution in [0.25, 0.3) is 11.1 Å². The molecule has 0 aliphatic heterocycles. The zero-order chi connectivity index (χ0) is 14.5. The molecule has 0 unspecified atom stereocenters. The number of hydrogen-bond acceptors (Lipinski definition) is 3. The van der Waals surface area contributed by atoms with Gasteiger partial charge in [0.25, 0.3) is 0 Å². The van der Waals surface area contributed by atoms with Crippen molar-refractivity contribution in [2.45, 2.75) is 0 Å². The highest BCUT2D eigenvalue weighted by atomic mass is 35.5. The van der Waals surface area contributed by atoms with Gasteiger partial charge in [-0.1, -0.05) is 24.3 Å². The summed E-state index contributed by atoms with van der Waals surface area (Å²) in [6, 6.07) is 14.5. The van der Waals surface area contributed by atoms with Gasteiger partial charge < -0.3 is 4.74 Å². The van der Waals surface area contributed by atoms with Crippen molar-refractivity contribution in [3.05, 3.63) is 53.6 Å². The average molecular weight is 286 g/mol. The third-order valence-corrected chi connectivity index (χ3v) is 3.23. The first-order valence-corrected chi connectivity index (χ1v) is 6.51. The molecule has 4 heteroatoms. The number of methoxy groups -OCH3 is 1. The van der Waals surface area contributed by atoms with Crippen LogP contribution in [0.1, 0.15) is 15.9 Å². The number of alkyl halides is 1. The predicted octanol–water partition coefficient (Wildman–Crippen LogP) is 3.66. The molecule has 0 heterocycles. The Balaban J connectivity index is 2.58. The van der Waals surface area contributed by atoms with E-state index >= 15 is 0 Å². The zero-order valence-electron chi connectivity index (χ0n) is 10.9. The van der Waals surface area contributed by atoms with Crippen LogP contribution in [-0.4, -0.2) is 18.8 Å². The number of hydrogen-bond donors (Lipinski definition) is 0. The number of Topliss-reactive ketones (excluding diaryl/α,β-unsaturated/α-hetero) is 1. The van der Waals surface area contributed by atoms with E-state index in [-0.39, 0.29) is 11.7 Å². The van der Waals surface area contributed by atoms with E-state index in [9.17, 15) is 4.79 Å². The van der Waals surface area contributed by atoms with Crippen molar-refractivity contribution in [3.8, 4) is 22.9 Å². The van der Waals surface area contributed by atoms with Crippen molar-refractivity contribution in [1.82, 2.24) is 0 Å². The lowest BCUT2D eigenvalue weighted by Gasteiger charge is -2.11. The molecule has 0 aliphatic carbocycles. The van der Waals surface area contributed by atoms with E-state index in [1.165, 1.54) is 7.11 Å². The van der Waals surface area contributed by atoms with Crippen molar-refractivity contribution in [2.75, 3.05) is 13.0 Å². The van der Waals surface area contributed by atoms with E-state index in [2.05, 4.69) is 6.07 Å². The maximum Gasteiger partial charge on any atom is 0.177 e. The van der Waals surface area contributed by atoms with Crippen LogP contribution in [0.3, 0.4) is 0 Å². The van der Waals surface area contributed by atoms with E-state index in [4.69, 9.17) is 21.6 Å². The monoisotopic (exact) mass is 285 g/mol. The molecule has 0 radical (unpaired) electrons. The normalized spacial score (nSPS) is 9.85. The summed E-state index contributed by atoms with van der Waals surface area (Å²) in [5.74, 6) is 0.311. The first kappa shape index (κ1) is 14.1. The van der Waals surface area contributed by atoms with Crippen LogP contribution in [0.15, 0.2) is 42.5 Å². The Bertz CT molecular complexity index is 689. The van der Waals surface area contributed by atoms with Gasteiger partial charge >= 0.3 is 0 Å². The van der Waals surface area contributed by atoms with Crippen LogP contribution in [0.2, 0.25) is 0 Å². The number of ether oxygens (including phenoxy) is 1. The standard InChI is InChI=1S/C16H12ClNO2/c1-20-16-8-11(15(19)9-17)6-7-14(16)13-5-3-2-4-12(13)10-18/h2-8H,9H2,1H3. The summed E-state index contributed by atoms with van der Waals surface area (Å²) < 4.78 is 5.33. The van der Waals surface area contributed by atoms with Crippen molar-refractivity contribution in [3.63, 3.8) is 0 Å². The average Bonchev–Trinajstić information content (AvgIpc) is 2.53. The predicted molar refractivity (Wildman–Crippen MR) is 78.2 cm³/mol. The van der Waals surface area contributed by atoms with Crippen molar-refractivity contribution in [2.24, 2.45) is 0 Å². The van der Waals surface area contributed by atoms with Gasteiger partial charge in [0.1, 0.15) is 5.75 Å². The molecule has 0 aromatic heterocycles. The number of carbonyl (C=O) groups is 1. The van der Waals surface area contributed by atoms with Crippen LogP contribution in [0, 0.1) is 11.3 Å².